The first-order valence-electron chi connectivity index (χ1n) is 8.02. The summed E-state index contributed by atoms with van der Waals surface area (Å²) in [6.45, 7) is 0. The van der Waals surface area contributed by atoms with Crippen LogP contribution in [0.15, 0.2) is 53.2 Å². The average molecular weight is 328 g/mol. The summed E-state index contributed by atoms with van der Waals surface area (Å²) in [6, 6.07) is 7.31. The van der Waals surface area contributed by atoms with Gasteiger partial charge in [-0.05, 0) is 31.4 Å². The summed E-state index contributed by atoms with van der Waals surface area (Å²) in [7, 11) is 1.57. The van der Waals surface area contributed by atoms with Gasteiger partial charge < -0.3 is 10.6 Å². The van der Waals surface area contributed by atoms with Gasteiger partial charge in [0.1, 0.15) is 17.3 Å². The number of nitrogens with two attached hydrogens (primary N) is 2. The highest BCUT2D eigenvalue weighted by molar-refractivity contribution is 6.03. The van der Waals surface area contributed by atoms with E-state index in [-0.39, 0.29) is 5.78 Å². The van der Waals surface area contributed by atoms with E-state index >= 15 is 0 Å². The van der Waals surface area contributed by atoms with Gasteiger partial charge in [-0.1, -0.05) is 30.4 Å². The largest absolute Gasteiger partial charge is 0.495 e. The van der Waals surface area contributed by atoms with Crippen LogP contribution in [0.5, 0.6) is 5.75 Å². The van der Waals surface area contributed by atoms with Gasteiger partial charge in [0.15, 0.2) is 5.78 Å². The van der Waals surface area contributed by atoms with E-state index in [4.69, 9.17) is 16.4 Å². The number of nitrogens with zero attached hydrogens (tertiary/aromatic N) is 2. The van der Waals surface area contributed by atoms with Crippen molar-refractivity contribution in [2.24, 2.45) is 16.8 Å². The summed E-state index contributed by atoms with van der Waals surface area (Å²) in [5, 5.41) is 5.11. The van der Waals surface area contributed by atoms with E-state index in [9.17, 15) is 4.79 Å². The highest BCUT2D eigenvalue weighted by Crippen LogP contribution is 2.26. The number of carbonyl (C=O) groups is 1. The number of para-hydroxylation sites is 2. The third-order valence-electron chi connectivity index (χ3n) is 3.91. The number of benzene rings is 1. The van der Waals surface area contributed by atoms with Crippen LogP contribution in [0.3, 0.4) is 0 Å². The zero-order valence-corrected chi connectivity index (χ0v) is 13.9. The van der Waals surface area contributed by atoms with E-state index in [0.717, 1.165) is 24.8 Å². The fourth-order valence-electron chi connectivity index (χ4n) is 2.56. The van der Waals surface area contributed by atoms with E-state index in [2.05, 4.69) is 5.10 Å². The summed E-state index contributed by atoms with van der Waals surface area (Å²) >= 11 is 0. The molecule has 6 nitrogen and oxygen atoms in total. The third kappa shape index (κ3) is 4.45. The third-order valence-corrected chi connectivity index (χ3v) is 3.91. The summed E-state index contributed by atoms with van der Waals surface area (Å²) in [4.78, 5) is 12.4. The van der Waals surface area contributed by atoms with E-state index < -0.39 is 0 Å². The monoisotopic (exact) mass is 328 g/mol. The normalized spacial score (nSPS) is 14.8. The van der Waals surface area contributed by atoms with Gasteiger partial charge in [0, 0.05) is 18.4 Å². The number of methoxy groups -OCH3 is 1. The molecule has 0 unspecified atom stereocenters. The Morgan fingerprint density at radius 1 is 1.29 bits per heavy atom. The molecule has 6 heteroatoms. The molecule has 0 radical (unpaired) electrons. The summed E-state index contributed by atoms with van der Waals surface area (Å²) in [6.07, 6.45) is 9.60. The Hall–Kier alpha value is -2.60. The number of hydrazone groups is 1. The molecule has 1 aromatic rings. The van der Waals surface area contributed by atoms with Crippen molar-refractivity contribution in [3.05, 3.63) is 48.1 Å². The first kappa shape index (κ1) is 17.7. The van der Waals surface area contributed by atoms with Crippen LogP contribution in [-0.4, -0.2) is 18.7 Å². The second-order valence-electron chi connectivity index (χ2n) is 5.50. The van der Waals surface area contributed by atoms with Gasteiger partial charge in [0.2, 0.25) is 0 Å². The molecule has 0 aliphatic heterocycles. The van der Waals surface area contributed by atoms with Crippen LogP contribution in [-0.2, 0) is 4.79 Å². The number of hydrazine groups is 1. The molecule has 128 valence electrons. The Bertz CT molecular complexity index is 665. The first-order chi connectivity index (χ1) is 11.7. The summed E-state index contributed by atoms with van der Waals surface area (Å²) < 4.78 is 5.29. The molecular weight excluding hydrogens is 304 g/mol. The molecule has 24 heavy (non-hydrogen) atoms. The van der Waals surface area contributed by atoms with Crippen molar-refractivity contribution in [2.45, 2.75) is 32.1 Å². The molecule has 1 aromatic carbocycles. The van der Waals surface area contributed by atoms with Crippen LogP contribution in [0.4, 0.5) is 5.69 Å². The van der Waals surface area contributed by atoms with Gasteiger partial charge in [-0.15, -0.1) is 0 Å². The number of carbonyl (C=O) groups excluding carboxylic acids is 1. The van der Waals surface area contributed by atoms with Crippen molar-refractivity contribution in [2.75, 3.05) is 12.1 Å². The van der Waals surface area contributed by atoms with Gasteiger partial charge in [-0.25, -0.2) is 5.84 Å². The molecule has 0 spiro atoms. The lowest BCUT2D eigenvalue weighted by Gasteiger charge is -2.22. The Kier molecular flexibility index (Phi) is 6.57. The first-order valence-corrected chi connectivity index (χ1v) is 8.02. The quantitative estimate of drug-likeness (QED) is 0.362. The highest BCUT2D eigenvalue weighted by Gasteiger charge is 2.16. The van der Waals surface area contributed by atoms with E-state index in [1.807, 2.05) is 36.4 Å². The number of allylic oxidation sites excluding steroid dienone is 4. The van der Waals surface area contributed by atoms with Crippen molar-refractivity contribution in [1.82, 2.24) is 0 Å². The lowest BCUT2D eigenvalue weighted by molar-refractivity contribution is -0.115. The van der Waals surface area contributed by atoms with Crippen molar-refractivity contribution >= 4 is 17.3 Å². The topological polar surface area (TPSA) is 93.9 Å². The minimum absolute atomic E-state index is 0.0720. The molecular formula is C18H24N4O2. The highest BCUT2D eigenvalue weighted by atomic mass is 16.5. The molecule has 0 fully saturated rings. The van der Waals surface area contributed by atoms with Crippen molar-refractivity contribution in [1.29, 1.82) is 0 Å². The van der Waals surface area contributed by atoms with Gasteiger partial charge in [0.05, 0.1) is 7.11 Å². The van der Waals surface area contributed by atoms with Crippen molar-refractivity contribution in [3.8, 4) is 5.75 Å². The number of hydrogen-bond acceptors (Lipinski definition) is 5. The molecule has 0 amide bonds. The standard InChI is InChI=1S/C18H24N4O2/c1-24-17-11-7-6-10-15(17)22(20)18(21-19)13-12-16(23)14-8-4-2-3-5-9-14/h4,6-11H,2-3,5,12-13,19-20H2,1H3/b21-18-. The van der Waals surface area contributed by atoms with Crippen molar-refractivity contribution in [3.63, 3.8) is 0 Å². The Labute approximate surface area is 142 Å². The zero-order chi connectivity index (χ0) is 17.4. The van der Waals surface area contributed by atoms with E-state index in [1.54, 1.807) is 13.2 Å². The number of anilines is 1. The average Bonchev–Trinajstić information content (AvgIpc) is 2.91. The molecule has 0 heterocycles. The maximum atomic E-state index is 12.4. The Morgan fingerprint density at radius 3 is 2.83 bits per heavy atom. The Morgan fingerprint density at radius 2 is 2.08 bits per heavy atom. The number of rotatable bonds is 6. The van der Waals surface area contributed by atoms with Crippen LogP contribution >= 0.6 is 0 Å². The minimum Gasteiger partial charge on any atom is -0.495 e. The second kappa shape index (κ2) is 8.88. The number of amidine groups is 1. The van der Waals surface area contributed by atoms with Crippen LogP contribution in [0.1, 0.15) is 32.1 Å². The van der Waals surface area contributed by atoms with Gasteiger partial charge in [0.25, 0.3) is 0 Å². The number of Topliss-reactive ketones (excluding diaryl/α,β-unsaturated/α-hetero) is 1. The van der Waals surface area contributed by atoms with Gasteiger partial charge in [-0.3, -0.25) is 9.80 Å². The van der Waals surface area contributed by atoms with E-state index in [1.165, 1.54) is 5.01 Å². The summed E-state index contributed by atoms with van der Waals surface area (Å²) in [5.41, 5.74) is 1.40. The lowest BCUT2D eigenvalue weighted by Crippen LogP contribution is -2.38. The predicted molar refractivity (Wildman–Crippen MR) is 96.6 cm³/mol. The maximum Gasteiger partial charge on any atom is 0.162 e. The molecule has 0 bridgehead atoms. The Balaban J connectivity index is 2.04. The fraction of sp³-hybridized carbons (Fsp3) is 0.333. The number of hydrogen-bond donors (Lipinski definition) is 2. The zero-order valence-electron chi connectivity index (χ0n) is 13.9. The van der Waals surface area contributed by atoms with E-state index in [0.29, 0.717) is 30.1 Å². The molecule has 0 saturated heterocycles. The van der Waals surface area contributed by atoms with Gasteiger partial charge >= 0.3 is 0 Å². The van der Waals surface area contributed by atoms with Crippen molar-refractivity contribution < 1.29 is 9.53 Å². The predicted octanol–water partition coefficient (Wildman–Crippen LogP) is 2.66. The molecule has 0 aromatic heterocycles. The smallest absolute Gasteiger partial charge is 0.162 e. The maximum absolute atomic E-state index is 12.4. The SMILES string of the molecule is COc1ccccc1N(N)/C(CCC(=O)C1=CCCCC=C1)=N\N. The minimum atomic E-state index is 0.0720. The fourth-order valence-corrected chi connectivity index (χ4v) is 2.56. The second-order valence-corrected chi connectivity index (χ2v) is 5.50. The summed E-state index contributed by atoms with van der Waals surface area (Å²) in [5.74, 6) is 12.7. The van der Waals surface area contributed by atoms with Gasteiger partial charge in [-0.2, -0.15) is 5.10 Å². The van der Waals surface area contributed by atoms with Crippen LogP contribution < -0.4 is 21.4 Å². The molecule has 0 saturated carbocycles. The van der Waals surface area contributed by atoms with Crippen LogP contribution in [0.2, 0.25) is 0 Å². The number of ketones is 1. The molecule has 2 rings (SSSR count). The molecule has 1 aliphatic carbocycles. The number of ether oxygens (including phenoxy) is 1. The van der Waals surface area contributed by atoms with Crippen LogP contribution in [0.25, 0.3) is 0 Å². The molecule has 0 atom stereocenters. The lowest BCUT2D eigenvalue weighted by atomic mass is 10.1. The van der Waals surface area contributed by atoms with Crippen LogP contribution in [0, 0.1) is 0 Å². The molecule has 4 N–H and O–H groups in total. The molecule has 1 aliphatic rings.